The molecule has 0 aliphatic carbocycles. The number of para-hydroxylation sites is 1. The maximum Gasteiger partial charge on any atom is 0.246 e. The van der Waals surface area contributed by atoms with Gasteiger partial charge in [0.05, 0.1) is 5.69 Å². The number of halogens is 2. The second-order valence-electron chi connectivity index (χ2n) is 5.74. The number of aryl methyl sites for hydroxylation is 1. The number of rotatable bonds is 7. The molecule has 2 rings (SSSR count). The van der Waals surface area contributed by atoms with E-state index < -0.39 is 17.8 Å². The lowest BCUT2D eigenvalue weighted by Gasteiger charge is -2.14. The van der Waals surface area contributed by atoms with Crippen molar-refractivity contribution >= 4 is 29.1 Å². The monoisotopic (exact) mass is 362 g/mol. The van der Waals surface area contributed by atoms with Gasteiger partial charge < -0.3 is 10.6 Å². The molecule has 0 fully saturated rings. The Morgan fingerprint density at radius 2 is 1.92 bits per heavy atom. The molecule has 6 heteroatoms. The minimum absolute atomic E-state index is 0.0922. The van der Waals surface area contributed by atoms with Crippen LogP contribution in [0, 0.1) is 5.82 Å². The summed E-state index contributed by atoms with van der Waals surface area (Å²) >= 11 is 5.92. The molecule has 0 saturated carbocycles. The van der Waals surface area contributed by atoms with Gasteiger partial charge in [0.15, 0.2) is 0 Å². The van der Waals surface area contributed by atoms with Crippen LogP contribution in [0.4, 0.5) is 10.1 Å². The Balaban J connectivity index is 1.75. The Kier molecular flexibility index (Phi) is 6.95. The second-order valence-corrected chi connectivity index (χ2v) is 6.18. The Hall–Kier alpha value is -2.40. The van der Waals surface area contributed by atoms with Gasteiger partial charge in [-0.3, -0.25) is 9.59 Å². The van der Waals surface area contributed by atoms with E-state index in [1.807, 2.05) is 18.2 Å². The first-order chi connectivity index (χ1) is 12.0. The molecular weight excluding hydrogens is 343 g/mol. The number of benzene rings is 2. The van der Waals surface area contributed by atoms with Gasteiger partial charge in [0.2, 0.25) is 11.8 Å². The maximum atomic E-state index is 13.5. The van der Waals surface area contributed by atoms with Crippen LogP contribution in [0.2, 0.25) is 5.02 Å². The van der Waals surface area contributed by atoms with E-state index in [0.717, 1.165) is 12.0 Å². The number of nitrogens with one attached hydrogen (secondary N) is 2. The molecule has 2 amide bonds. The van der Waals surface area contributed by atoms with Gasteiger partial charge in [0, 0.05) is 11.4 Å². The van der Waals surface area contributed by atoms with E-state index in [2.05, 4.69) is 10.6 Å². The molecule has 4 nitrogen and oxygen atoms in total. The number of anilines is 1. The second kappa shape index (κ2) is 9.18. The van der Waals surface area contributed by atoms with Crippen molar-refractivity contribution < 1.29 is 14.0 Å². The summed E-state index contributed by atoms with van der Waals surface area (Å²) in [5, 5.41) is 5.74. The highest BCUT2D eigenvalue weighted by molar-refractivity contribution is 6.30. The molecule has 2 N–H and O–H groups in total. The van der Waals surface area contributed by atoms with Crippen LogP contribution in [0.25, 0.3) is 0 Å². The van der Waals surface area contributed by atoms with E-state index in [-0.39, 0.29) is 11.6 Å². The first-order valence-corrected chi connectivity index (χ1v) is 8.42. The highest BCUT2D eigenvalue weighted by Crippen LogP contribution is 2.14. The third-order valence-electron chi connectivity index (χ3n) is 3.66. The highest BCUT2D eigenvalue weighted by Gasteiger charge is 2.16. The van der Waals surface area contributed by atoms with Crippen LogP contribution in [0.5, 0.6) is 0 Å². The van der Waals surface area contributed by atoms with E-state index in [0.29, 0.717) is 17.9 Å². The van der Waals surface area contributed by atoms with E-state index in [1.54, 1.807) is 19.1 Å². The first kappa shape index (κ1) is 18.9. The minimum atomic E-state index is -0.752. The van der Waals surface area contributed by atoms with E-state index in [9.17, 15) is 14.0 Å². The molecule has 1 unspecified atom stereocenters. The summed E-state index contributed by atoms with van der Waals surface area (Å²) in [5.41, 5.74) is 1.15. The molecule has 0 bridgehead atoms. The summed E-state index contributed by atoms with van der Waals surface area (Å²) in [4.78, 5) is 24.0. The number of hydrogen-bond donors (Lipinski definition) is 2. The third-order valence-corrected chi connectivity index (χ3v) is 3.90. The standard InChI is InChI=1S/C19H20ClFN2O2/c1-13(19(25)23-17-10-3-2-9-16(17)21)22-18(24)11-5-7-14-6-4-8-15(20)12-14/h2-4,6,8-10,12-13H,5,7,11H2,1H3,(H,22,24)(H,23,25). The van der Waals surface area contributed by atoms with Crippen LogP contribution in [0.3, 0.4) is 0 Å². The van der Waals surface area contributed by atoms with Gasteiger partial charge in [0.1, 0.15) is 11.9 Å². The Morgan fingerprint density at radius 3 is 2.64 bits per heavy atom. The number of hydrogen-bond acceptors (Lipinski definition) is 2. The van der Waals surface area contributed by atoms with Crippen molar-refractivity contribution in [2.45, 2.75) is 32.2 Å². The topological polar surface area (TPSA) is 58.2 Å². The molecule has 0 aliphatic rings. The zero-order valence-electron chi connectivity index (χ0n) is 13.9. The van der Waals surface area contributed by atoms with Gasteiger partial charge in [-0.2, -0.15) is 0 Å². The average molecular weight is 363 g/mol. The van der Waals surface area contributed by atoms with Gasteiger partial charge in [-0.25, -0.2) is 4.39 Å². The van der Waals surface area contributed by atoms with Gasteiger partial charge in [-0.05, 0) is 49.6 Å². The molecule has 2 aromatic carbocycles. The van der Waals surface area contributed by atoms with Crippen LogP contribution in [0.15, 0.2) is 48.5 Å². The lowest BCUT2D eigenvalue weighted by atomic mass is 10.1. The first-order valence-electron chi connectivity index (χ1n) is 8.05. The molecule has 2 aromatic rings. The fourth-order valence-corrected chi connectivity index (χ4v) is 2.54. The van der Waals surface area contributed by atoms with Gasteiger partial charge in [-0.1, -0.05) is 35.9 Å². The molecule has 0 aromatic heterocycles. The van der Waals surface area contributed by atoms with Gasteiger partial charge in [-0.15, -0.1) is 0 Å². The largest absolute Gasteiger partial charge is 0.345 e. The molecule has 0 heterocycles. The van der Waals surface area contributed by atoms with E-state index in [1.165, 1.54) is 18.2 Å². The third kappa shape index (κ3) is 6.19. The lowest BCUT2D eigenvalue weighted by Crippen LogP contribution is -2.41. The van der Waals surface area contributed by atoms with Crippen molar-refractivity contribution in [3.05, 3.63) is 64.9 Å². The maximum absolute atomic E-state index is 13.5. The normalized spacial score (nSPS) is 11.6. The number of amides is 2. The molecule has 0 spiro atoms. The number of carbonyl (C=O) groups is 2. The van der Waals surface area contributed by atoms with Crippen molar-refractivity contribution in [2.24, 2.45) is 0 Å². The molecule has 0 saturated heterocycles. The summed E-state index contributed by atoms with van der Waals surface area (Å²) in [7, 11) is 0. The van der Waals surface area contributed by atoms with E-state index in [4.69, 9.17) is 11.6 Å². The van der Waals surface area contributed by atoms with Crippen LogP contribution in [-0.4, -0.2) is 17.9 Å². The van der Waals surface area contributed by atoms with Gasteiger partial charge >= 0.3 is 0 Å². The van der Waals surface area contributed by atoms with E-state index >= 15 is 0 Å². The molecule has 1 atom stereocenters. The lowest BCUT2D eigenvalue weighted by molar-refractivity contribution is -0.126. The van der Waals surface area contributed by atoms with Crippen LogP contribution < -0.4 is 10.6 Å². The average Bonchev–Trinajstić information content (AvgIpc) is 2.57. The van der Waals surface area contributed by atoms with Gasteiger partial charge in [0.25, 0.3) is 0 Å². The zero-order valence-corrected chi connectivity index (χ0v) is 14.6. The molecule has 132 valence electrons. The van der Waals surface area contributed by atoms with Crippen LogP contribution in [0.1, 0.15) is 25.3 Å². The van der Waals surface area contributed by atoms with Crippen molar-refractivity contribution in [3.63, 3.8) is 0 Å². The molecule has 25 heavy (non-hydrogen) atoms. The van der Waals surface area contributed by atoms with Crippen molar-refractivity contribution in [2.75, 3.05) is 5.32 Å². The SMILES string of the molecule is CC(NC(=O)CCCc1cccc(Cl)c1)C(=O)Nc1ccccc1F. The fourth-order valence-electron chi connectivity index (χ4n) is 2.33. The van der Waals surface area contributed by atoms with Crippen molar-refractivity contribution in [1.29, 1.82) is 0 Å². The summed E-state index contributed by atoms with van der Waals surface area (Å²) in [5.74, 6) is -1.21. The Labute approximate surface area is 151 Å². The summed E-state index contributed by atoms with van der Waals surface area (Å²) in [6.07, 6.45) is 1.67. The van der Waals surface area contributed by atoms with Crippen LogP contribution >= 0.6 is 11.6 Å². The minimum Gasteiger partial charge on any atom is -0.345 e. The smallest absolute Gasteiger partial charge is 0.246 e. The molecular formula is C19H20ClFN2O2. The molecule has 0 aliphatic heterocycles. The van der Waals surface area contributed by atoms with Crippen LogP contribution in [-0.2, 0) is 16.0 Å². The van der Waals surface area contributed by atoms with Crippen molar-refractivity contribution in [3.8, 4) is 0 Å². The predicted molar refractivity (Wildman–Crippen MR) is 97.0 cm³/mol. The summed E-state index contributed by atoms with van der Waals surface area (Å²) < 4.78 is 13.5. The van der Waals surface area contributed by atoms with Crippen molar-refractivity contribution in [1.82, 2.24) is 5.32 Å². The summed E-state index contributed by atoms with van der Waals surface area (Å²) in [6, 6.07) is 12.6. The quantitative estimate of drug-likeness (QED) is 0.783. The number of carbonyl (C=O) groups excluding carboxylic acids is 2. The Bertz CT molecular complexity index is 752. The highest BCUT2D eigenvalue weighted by atomic mass is 35.5. The summed E-state index contributed by atoms with van der Waals surface area (Å²) in [6.45, 7) is 1.56. The predicted octanol–water partition coefficient (Wildman–Crippen LogP) is 3.95. The zero-order chi connectivity index (χ0) is 18.2. The fraction of sp³-hybridized carbons (Fsp3) is 0.263. The Morgan fingerprint density at radius 1 is 1.16 bits per heavy atom. The molecule has 0 radical (unpaired) electrons.